The first-order valence-corrected chi connectivity index (χ1v) is 6.84. The lowest BCUT2D eigenvalue weighted by Crippen LogP contribution is -2.32. The van der Waals surface area contributed by atoms with E-state index in [1.807, 2.05) is 0 Å². The van der Waals surface area contributed by atoms with Crippen LogP contribution in [0, 0.1) is 0 Å². The lowest BCUT2D eigenvalue weighted by Gasteiger charge is -2.13. The van der Waals surface area contributed by atoms with Crippen LogP contribution >= 0.6 is 0 Å². The molecule has 0 bridgehead atoms. The number of benzene rings is 1. The van der Waals surface area contributed by atoms with Gasteiger partial charge >= 0.3 is 0 Å². The molecule has 0 spiro atoms. The van der Waals surface area contributed by atoms with Gasteiger partial charge in [0.25, 0.3) is 11.5 Å². The van der Waals surface area contributed by atoms with E-state index in [9.17, 15) is 9.59 Å². The Kier molecular flexibility index (Phi) is 4.78. The second-order valence-electron chi connectivity index (χ2n) is 4.69. The first kappa shape index (κ1) is 15.6. The number of nitrogens with zero attached hydrogens (tertiary/aromatic N) is 1. The van der Waals surface area contributed by atoms with Gasteiger partial charge in [0.2, 0.25) is 0 Å². The molecule has 22 heavy (non-hydrogen) atoms. The van der Waals surface area contributed by atoms with Crippen molar-refractivity contribution in [3.63, 3.8) is 0 Å². The van der Waals surface area contributed by atoms with E-state index in [1.165, 1.54) is 4.57 Å². The second-order valence-corrected chi connectivity index (χ2v) is 4.69. The summed E-state index contributed by atoms with van der Waals surface area (Å²) in [5, 5.41) is 3.88. The van der Waals surface area contributed by atoms with Crippen molar-refractivity contribution in [1.82, 2.24) is 9.88 Å². The molecule has 114 valence electrons. The number of ether oxygens (including phenoxy) is 1. The predicted octanol–water partition coefficient (Wildman–Crippen LogP) is 2.11. The zero-order chi connectivity index (χ0) is 16.1. The minimum absolute atomic E-state index is 0.233. The van der Waals surface area contributed by atoms with Gasteiger partial charge in [0.1, 0.15) is 11.4 Å². The van der Waals surface area contributed by atoms with Gasteiger partial charge in [0.15, 0.2) is 0 Å². The molecule has 1 N–H and O–H groups in total. The predicted molar refractivity (Wildman–Crippen MR) is 87.5 cm³/mol. The molecule has 1 aromatic carbocycles. The number of allylic oxidation sites excluding steroid dienone is 1. The highest BCUT2D eigenvalue weighted by molar-refractivity contribution is 5.97. The summed E-state index contributed by atoms with van der Waals surface area (Å²) >= 11 is 0. The molecular weight excluding hydrogens is 280 g/mol. The Hall–Kier alpha value is -2.82. The summed E-state index contributed by atoms with van der Waals surface area (Å²) in [5.41, 5.74) is 0.0521. The Morgan fingerprint density at radius 2 is 2.09 bits per heavy atom. The van der Waals surface area contributed by atoms with Crippen LogP contribution in [0.1, 0.15) is 10.5 Å². The number of pyridine rings is 1. The maximum Gasteiger partial charge on any atom is 0.268 e. The molecule has 0 aliphatic rings. The molecule has 0 radical (unpaired) electrons. The van der Waals surface area contributed by atoms with Crippen LogP contribution in [0.25, 0.3) is 10.8 Å². The number of rotatable bonds is 6. The summed E-state index contributed by atoms with van der Waals surface area (Å²) in [6.07, 6.45) is 3.17. The highest BCUT2D eigenvalue weighted by Crippen LogP contribution is 2.19. The Labute approximate surface area is 128 Å². The smallest absolute Gasteiger partial charge is 0.268 e. The van der Waals surface area contributed by atoms with Gasteiger partial charge in [-0.2, -0.15) is 0 Å². The van der Waals surface area contributed by atoms with Crippen LogP contribution in [-0.4, -0.2) is 24.1 Å². The molecule has 0 saturated carbocycles. The van der Waals surface area contributed by atoms with Crippen LogP contribution in [-0.2, 0) is 6.54 Å². The van der Waals surface area contributed by atoms with Crippen LogP contribution in [0.5, 0.6) is 5.75 Å². The van der Waals surface area contributed by atoms with Gasteiger partial charge in [-0.1, -0.05) is 12.2 Å². The van der Waals surface area contributed by atoms with Crippen LogP contribution in [0.3, 0.4) is 0 Å². The van der Waals surface area contributed by atoms with E-state index in [-0.39, 0.29) is 23.7 Å². The van der Waals surface area contributed by atoms with Crippen molar-refractivity contribution in [2.24, 2.45) is 0 Å². The maximum absolute atomic E-state index is 12.6. The molecule has 1 heterocycles. The molecule has 2 rings (SSSR count). The molecule has 5 heteroatoms. The zero-order valence-electron chi connectivity index (χ0n) is 12.5. The van der Waals surface area contributed by atoms with E-state index < -0.39 is 0 Å². The number of nitrogens with one attached hydrogen (secondary N) is 1. The third-order valence-corrected chi connectivity index (χ3v) is 3.27. The van der Waals surface area contributed by atoms with Crippen molar-refractivity contribution in [3.8, 4) is 5.75 Å². The topological polar surface area (TPSA) is 60.3 Å². The molecule has 0 unspecified atom stereocenters. The van der Waals surface area contributed by atoms with Crippen LogP contribution in [0.2, 0.25) is 0 Å². The Bertz CT molecular complexity index is 790. The summed E-state index contributed by atoms with van der Waals surface area (Å²) in [6.45, 7) is 7.79. The van der Waals surface area contributed by atoms with E-state index >= 15 is 0 Å². The fourth-order valence-corrected chi connectivity index (χ4v) is 2.22. The Balaban J connectivity index is 2.67. The van der Waals surface area contributed by atoms with Gasteiger partial charge in [-0.25, -0.2) is 0 Å². The Morgan fingerprint density at radius 1 is 1.32 bits per heavy atom. The lowest BCUT2D eigenvalue weighted by molar-refractivity contribution is 0.0948. The van der Waals surface area contributed by atoms with Crippen molar-refractivity contribution in [2.45, 2.75) is 6.54 Å². The highest BCUT2D eigenvalue weighted by atomic mass is 16.5. The quantitative estimate of drug-likeness (QED) is 0.831. The maximum atomic E-state index is 12.6. The molecule has 0 saturated heterocycles. The minimum atomic E-state index is -0.330. The SMILES string of the molecule is C=CCNC(=O)c1cc2cc(OC)ccc2c(=O)n1CC=C. The number of carbonyl (C=O) groups is 1. The highest BCUT2D eigenvalue weighted by Gasteiger charge is 2.14. The summed E-state index contributed by atoms with van der Waals surface area (Å²) in [5.74, 6) is 0.300. The van der Waals surface area contributed by atoms with Crippen molar-refractivity contribution in [2.75, 3.05) is 13.7 Å². The number of fused-ring (bicyclic) bond motifs is 1. The van der Waals surface area contributed by atoms with E-state index in [0.717, 1.165) is 0 Å². The van der Waals surface area contributed by atoms with Gasteiger partial charge in [0, 0.05) is 18.5 Å². The number of aromatic nitrogens is 1. The van der Waals surface area contributed by atoms with E-state index in [0.29, 0.717) is 23.1 Å². The number of hydrogen-bond acceptors (Lipinski definition) is 3. The zero-order valence-corrected chi connectivity index (χ0v) is 12.5. The van der Waals surface area contributed by atoms with E-state index in [4.69, 9.17) is 4.74 Å². The summed E-state index contributed by atoms with van der Waals surface area (Å²) in [6, 6.07) is 6.83. The lowest BCUT2D eigenvalue weighted by atomic mass is 10.1. The van der Waals surface area contributed by atoms with Gasteiger partial charge in [0.05, 0.1) is 7.11 Å². The third-order valence-electron chi connectivity index (χ3n) is 3.27. The monoisotopic (exact) mass is 298 g/mol. The van der Waals surface area contributed by atoms with Crippen LogP contribution in [0.4, 0.5) is 0 Å². The Morgan fingerprint density at radius 3 is 2.73 bits per heavy atom. The van der Waals surface area contributed by atoms with Crippen molar-refractivity contribution in [3.05, 3.63) is 65.6 Å². The summed E-state index contributed by atoms with van der Waals surface area (Å²) < 4.78 is 6.57. The molecular formula is C17H18N2O3. The van der Waals surface area contributed by atoms with E-state index in [2.05, 4.69) is 18.5 Å². The van der Waals surface area contributed by atoms with Gasteiger partial charge in [-0.3, -0.25) is 14.2 Å². The second kappa shape index (κ2) is 6.76. The normalized spacial score (nSPS) is 10.2. The van der Waals surface area contributed by atoms with E-state index in [1.54, 1.807) is 43.5 Å². The fraction of sp³-hybridized carbons (Fsp3) is 0.176. The first-order valence-electron chi connectivity index (χ1n) is 6.84. The number of amides is 1. The number of carbonyl (C=O) groups excluding carboxylic acids is 1. The fourth-order valence-electron chi connectivity index (χ4n) is 2.22. The molecule has 1 amide bonds. The molecule has 1 aromatic heterocycles. The molecule has 0 fully saturated rings. The van der Waals surface area contributed by atoms with Gasteiger partial charge in [-0.05, 0) is 29.7 Å². The minimum Gasteiger partial charge on any atom is -0.497 e. The van der Waals surface area contributed by atoms with Crippen molar-refractivity contribution < 1.29 is 9.53 Å². The molecule has 2 aromatic rings. The number of methoxy groups -OCH3 is 1. The van der Waals surface area contributed by atoms with Crippen LogP contribution < -0.4 is 15.6 Å². The average Bonchev–Trinajstić information content (AvgIpc) is 2.54. The standard InChI is InChI=1S/C17H18N2O3/c1-4-8-18-16(20)15-11-12-10-13(22-3)6-7-14(12)17(21)19(15)9-5-2/h4-7,10-11H,1-2,8-9H2,3H3,(H,18,20). The summed E-state index contributed by atoms with van der Waals surface area (Å²) in [7, 11) is 1.55. The molecule has 5 nitrogen and oxygen atoms in total. The molecule has 0 atom stereocenters. The van der Waals surface area contributed by atoms with Crippen molar-refractivity contribution >= 4 is 16.7 Å². The summed E-state index contributed by atoms with van der Waals surface area (Å²) in [4.78, 5) is 24.9. The first-order chi connectivity index (χ1) is 10.6. The van der Waals surface area contributed by atoms with Crippen molar-refractivity contribution in [1.29, 1.82) is 0 Å². The molecule has 0 aliphatic carbocycles. The third kappa shape index (κ3) is 2.93. The van der Waals surface area contributed by atoms with Gasteiger partial charge < -0.3 is 10.1 Å². The average molecular weight is 298 g/mol. The van der Waals surface area contributed by atoms with Gasteiger partial charge in [-0.15, -0.1) is 13.2 Å². The largest absolute Gasteiger partial charge is 0.497 e. The molecule has 0 aliphatic heterocycles. The number of hydrogen-bond donors (Lipinski definition) is 1. The van der Waals surface area contributed by atoms with Crippen LogP contribution in [0.15, 0.2) is 54.4 Å².